The molecule has 0 aromatic carbocycles. The van der Waals surface area contributed by atoms with Gasteiger partial charge in [-0.15, -0.1) is 0 Å². The van der Waals surface area contributed by atoms with Crippen LogP contribution in [-0.2, 0) is 4.79 Å². The minimum Gasteiger partial charge on any atom is -0.393 e. The van der Waals surface area contributed by atoms with E-state index in [1.807, 2.05) is 6.92 Å². The Morgan fingerprint density at radius 2 is 2.18 bits per heavy atom. The van der Waals surface area contributed by atoms with Crippen molar-refractivity contribution in [1.29, 1.82) is 0 Å². The smallest absolute Gasteiger partial charge is 0.222 e. The van der Waals surface area contributed by atoms with Gasteiger partial charge in [0, 0.05) is 20.0 Å². The van der Waals surface area contributed by atoms with E-state index in [0.29, 0.717) is 12.8 Å². The van der Waals surface area contributed by atoms with Crippen molar-refractivity contribution in [3.05, 3.63) is 0 Å². The van der Waals surface area contributed by atoms with E-state index >= 15 is 0 Å². The molecule has 0 aromatic rings. The standard InChI is InChI=1S/C8H17NO2/c1-4-9(3)8(11)6-5-7(2)10/h7,10H,4-6H2,1-3H3. The van der Waals surface area contributed by atoms with Gasteiger partial charge in [0.1, 0.15) is 0 Å². The summed E-state index contributed by atoms with van der Waals surface area (Å²) in [6.45, 7) is 4.36. The van der Waals surface area contributed by atoms with Crippen LogP contribution in [0.5, 0.6) is 0 Å². The van der Waals surface area contributed by atoms with Crippen molar-refractivity contribution in [3.8, 4) is 0 Å². The summed E-state index contributed by atoms with van der Waals surface area (Å²) in [7, 11) is 1.77. The molecule has 0 aliphatic rings. The maximum atomic E-state index is 11.1. The van der Waals surface area contributed by atoms with Crippen LogP contribution in [0.25, 0.3) is 0 Å². The number of carbonyl (C=O) groups excluding carboxylic acids is 1. The summed E-state index contributed by atoms with van der Waals surface area (Å²) >= 11 is 0. The number of nitrogens with zero attached hydrogens (tertiary/aromatic N) is 1. The number of rotatable bonds is 4. The summed E-state index contributed by atoms with van der Waals surface area (Å²) in [5, 5.41) is 8.88. The zero-order valence-electron chi connectivity index (χ0n) is 7.50. The highest BCUT2D eigenvalue weighted by Crippen LogP contribution is 1.98. The Hall–Kier alpha value is -0.570. The fourth-order valence-electron chi connectivity index (χ4n) is 0.700. The molecule has 11 heavy (non-hydrogen) atoms. The van der Waals surface area contributed by atoms with Gasteiger partial charge in [-0.3, -0.25) is 4.79 Å². The molecule has 0 spiro atoms. The second kappa shape index (κ2) is 5.13. The molecule has 0 aliphatic carbocycles. The lowest BCUT2D eigenvalue weighted by molar-refractivity contribution is -0.130. The van der Waals surface area contributed by atoms with E-state index in [4.69, 9.17) is 5.11 Å². The quantitative estimate of drug-likeness (QED) is 0.653. The summed E-state index contributed by atoms with van der Waals surface area (Å²) in [6, 6.07) is 0. The maximum Gasteiger partial charge on any atom is 0.222 e. The van der Waals surface area contributed by atoms with E-state index in [0.717, 1.165) is 6.54 Å². The van der Waals surface area contributed by atoms with Gasteiger partial charge in [0.25, 0.3) is 0 Å². The molecule has 0 aromatic heterocycles. The fraction of sp³-hybridized carbons (Fsp3) is 0.875. The van der Waals surface area contributed by atoms with E-state index in [1.54, 1.807) is 18.9 Å². The van der Waals surface area contributed by atoms with Gasteiger partial charge < -0.3 is 10.0 Å². The predicted octanol–water partition coefficient (Wildman–Crippen LogP) is 0.626. The normalized spacial score (nSPS) is 12.7. The molecular weight excluding hydrogens is 142 g/mol. The molecule has 1 atom stereocenters. The second-order valence-electron chi connectivity index (χ2n) is 2.80. The Morgan fingerprint density at radius 1 is 1.64 bits per heavy atom. The Bertz CT molecular complexity index is 123. The Kier molecular flexibility index (Phi) is 4.86. The van der Waals surface area contributed by atoms with E-state index in [2.05, 4.69) is 0 Å². The maximum absolute atomic E-state index is 11.1. The largest absolute Gasteiger partial charge is 0.393 e. The molecule has 1 amide bonds. The first-order valence-corrected chi connectivity index (χ1v) is 4.00. The first kappa shape index (κ1) is 10.4. The molecule has 0 saturated carbocycles. The summed E-state index contributed by atoms with van der Waals surface area (Å²) in [5.74, 6) is 0.105. The zero-order valence-corrected chi connectivity index (χ0v) is 7.50. The molecule has 1 unspecified atom stereocenters. The average Bonchev–Trinajstić information content (AvgIpc) is 1.98. The molecule has 66 valence electrons. The van der Waals surface area contributed by atoms with Crippen LogP contribution in [0.3, 0.4) is 0 Å². The van der Waals surface area contributed by atoms with Crippen molar-refractivity contribution < 1.29 is 9.90 Å². The van der Waals surface area contributed by atoms with Crippen molar-refractivity contribution in [2.75, 3.05) is 13.6 Å². The molecule has 0 heterocycles. The summed E-state index contributed by atoms with van der Waals surface area (Å²) in [6.07, 6.45) is 0.634. The van der Waals surface area contributed by atoms with E-state index < -0.39 is 0 Å². The highest BCUT2D eigenvalue weighted by molar-refractivity contribution is 5.75. The number of aliphatic hydroxyl groups excluding tert-OH is 1. The highest BCUT2D eigenvalue weighted by Gasteiger charge is 2.07. The van der Waals surface area contributed by atoms with Crippen LogP contribution in [0, 0.1) is 0 Å². The second-order valence-corrected chi connectivity index (χ2v) is 2.80. The lowest BCUT2D eigenvalue weighted by atomic mass is 10.2. The summed E-state index contributed by atoms with van der Waals surface area (Å²) in [4.78, 5) is 12.7. The average molecular weight is 159 g/mol. The fourth-order valence-corrected chi connectivity index (χ4v) is 0.700. The molecule has 0 radical (unpaired) electrons. The monoisotopic (exact) mass is 159 g/mol. The molecule has 0 fully saturated rings. The predicted molar refractivity (Wildman–Crippen MR) is 44.2 cm³/mol. The highest BCUT2D eigenvalue weighted by atomic mass is 16.3. The lowest BCUT2D eigenvalue weighted by Crippen LogP contribution is -2.26. The third-order valence-electron chi connectivity index (χ3n) is 1.68. The van der Waals surface area contributed by atoms with Gasteiger partial charge in [-0.2, -0.15) is 0 Å². The van der Waals surface area contributed by atoms with Crippen LogP contribution in [0.2, 0.25) is 0 Å². The van der Waals surface area contributed by atoms with Gasteiger partial charge in [-0.25, -0.2) is 0 Å². The first-order valence-electron chi connectivity index (χ1n) is 4.00. The third kappa shape index (κ3) is 4.79. The Morgan fingerprint density at radius 3 is 2.55 bits per heavy atom. The molecule has 3 heteroatoms. The molecule has 0 saturated heterocycles. The van der Waals surface area contributed by atoms with Gasteiger partial charge in [0.05, 0.1) is 6.10 Å². The van der Waals surface area contributed by atoms with Crippen LogP contribution >= 0.6 is 0 Å². The van der Waals surface area contributed by atoms with Gasteiger partial charge in [-0.1, -0.05) is 0 Å². The number of carbonyl (C=O) groups is 1. The van der Waals surface area contributed by atoms with Crippen LogP contribution in [-0.4, -0.2) is 35.6 Å². The molecule has 0 aliphatic heterocycles. The molecular formula is C8H17NO2. The number of amides is 1. The molecule has 0 rings (SSSR count). The summed E-state index contributed by atoms with van der Waals surface area (Å²) in [5.41, 5.74) is 0. The Labute approximate surface area is 68.0 Å². The Balaban J connectivity index is 3.52. The van der Waals surface area contributed by atoms with Crippen LogP contribution in [0.15, 0.2) is 0 Å². The van der Waals surface area contributed by atoms with E-state index in [-0.39, 0.29) is 12.0 Å². The van der Waals surface area contributed by atoms with Crippen molar-refractivity contribution in [3.63, 3.8) is 0 Å². The van der Waals surface area contributed by atoms with Crippen molar-refractivity contribution >= 4 is 5.91 Å². The van der Waals surface area contributed by atoms with Crippen LogP contribution < -0.4 is 0 Å². The minimum atomic E-state index is -0.371. The van der Waals surface area contributed by atoms with Gasteiger partial charge in [-0.05, 0) is 20.3 Å². The SMILES string of the molecule is CCN(C)C(=O)CCC(C)O. The van der Waals surface area contributed by atoms with Crippen molar-refractivity contribution in [2.45, 2.75) is 32.8 Å². The zero-order chi connectivity index (χ0) is 8.85. The van der Waals surface area contributed by atoms with Gasteiger partial charge >= 0.3 is 0 Å². The van der Waals surface area contributed by atoms with Crippen LogP contribution in [0.4, 0.5) is 0 Å². The lowest BCUT2D eigenvalue weighted by Gasteiger charge is -2.14. The van der Waals surface area contributed by atoms with E-state index in [9.17, 15) is 4.79 Å². The first-order chi connectivity index (χ1) is 5.07. The third-order valence-corrected chi connectivity index (χ3v) is 1.68. The molecule has 1 N–H and O–H groups in total. The number of hydrogen-bond acceptors (Lipinski definition) is 2. The van der Waals surface area contributed by atoms with Gasteiger partial charge in [0.2, 0.25) is 5.91 Å². The van der Waals surface area contributed by atoms with Gasteiger partial charge in [0.15, 0.2) is 0 Å². The van der Waals surface area contributed by atoms with E-state index in [1.165, 1.54) is 0 Å². The minimum absolute atomic E-state index is 0.105. The number of hydrogen-bond donors (Lipinski definition) is 1. The van der Waals surface area contributed by atoms with Crippen LogP contribution in [0.1, 0.15) is 26.7 Å². The summed E-state index contributed by atoms with van der Waals surface area (Å²) < 4.78 is 0. The number of aliphatic hydroxyl groups is 1. The van der Waals surface area contributed by atoms with Crippen molar-refractivity contribution in [2.24, 2.45) is 0 Å². The molecule has 0 bridgehead atoms. The molecule has 3 nitrogen and oxygen atoms in total. The van der Waals surface area contributed by atoms with Crippen molar-refractivity contribution in [1.82, 2.24) is 4.90 Å². The topological polar surface area (TPSA) is 40.5 Å².